The summed E-state index contributed by atoms with van der Waals surface area (Å²) in [5.41, 5.74) is 0.609. The summed E-state index contributed by atoms with van der Waals surface area (Å²) in [6, 6.07) is 1.70. The van der Waals surface area contributed by atoms with E-state index in [4.69, 9.17) is 21.1 Å². The van der Waals surface area contributed by atoms with E-state index in [0.717, 1.165) is 39.0 Å². The summed E-state index contributed by atoms with van der Waals surface area (Å²) in [6.07, 6.45) is 7.85. The number of nitrogens with zero attached hydrogens (tertiary/aromatic N) is 4. The average Bonchev–Trinajstić information content (AvgIpc) is 2.88. The summed E-state index contributed by atoms with van der Waals surface area (Å²) in [7, 11) is 0. The number of hydrogen-bond donors (Lipinski definition) is 2. The average molecular weight is 531 g/mol. The van der Waals surface area contributed by atoms with Crippen LogP contribution in [0.25, 0.3) is 11.3 Å². The highest BCUT2D eigenvalue weighted by Crippen LogP contribution is 2.29. The monoisotopic (exact) mass is 530 g/mol. The van der Waals surface area contributed by atoms with Crippen LogP contribution in [0.2, 0.25) is 5.02 Å². The lowest BCUT2D eigenvalue weighted by Gasteiger charge is -2.33. The number of likely N-dealkylation sites (tertiary alicyclic amines) is 1. The molecular formula is C26H35ClN6O4. The van der Waals surface area contributed by atoms with E-state index in [1.807, 2.05) is 20.8 Å². The first-order valence-electron chi connectivity index (χ1n) is 12.8. The molecule has 11 heteroatoms. The predicted octanol–water partition coefficient (Wildman–Crippen LogP) is 4.62. The molecule has 0 bridgehead atoms. The fourth-order valence-corrected chi connectivity index (χ4v) is 4.60. The third-order valence-corrected chi connectivity index (χ3v) is 6.67. The molecule has 0 saturated carbocycles. The van der Waals surface area contributed by atoms with Gasteiger partial charge in [-0.05, 0) is 58.4 Å². The van der Waals surface area contributed by atoms with E-state index in [1.165, 1.54) is 6.20 Å². The Labute approximate surface area is 222 Å². The van der Waals surface area contributed by atoms with Crippen LogP contribution in [0, 0.1) is 11.8 Å². The van der Waals surface area contributed by atoms with Crippen molar-refractivity contribution < 1.29 is 19.1 Å². The minimum Gasteiger partial charge on any atom is -0.444 e. The van der Waals surface area contributed by atoms with Crippen LogP contribution < -0.4 is 10.6 Å². The molecule has 2 saturated heterocycles. The van der Waals surface area contributed by atoms with E-state index in [-0.39, 0.29) is 11.8 Å². The van der Waals surface area contributed by atoms with Gasteiger partial charge in [-0.3, -0.25) is 9.78 Å². The van der Waals surface area contributed by atoms with Gasteiger partial charge in [-0.25, -0.2) is 14.8 Å². The molecule has 0 spiro atoms. The molecule has 2 N–H and O–H groups in total. The normalized spacial score (nSPS) is 18.8. The molecule has 0 aromatic carbocycles. The van der Waals surface area contributed by atoms with Crippen molar-refractivity contribution in [1.29, 1.82) is 0 Å². The number of rotatable bonds is 6. The van der Waals surface area contributed by atoms with E-state index >= 15 is 0 Å². The topological polar surface area (TPSA) is 119 Å². The summed E-state index contributed by atoms with van der Waals surface area (Å²) in [4.78, 5) is 40.4. The maximum Gasteiger partial charge on any atom is 0.410 e. The molecule has 200 valence electrons. The molecule has 2 aliphatic rings. The second-order valence-corrected chi connectivity index (χ2v) is 10.9. The first kappa shape index (κ1) is 27.1. The highest BCUT2D eigenvalue weighted by Gasteiger charge is 2.31. The summed E-state index contributed by atoms with van der Waals surface area (Å²) in [5.74, 6) is 0.997. The molecule has 2 amide bonds. The molecule has 1 atom stereocenters. The molecule has 0 radical (unpaired) electrons. The molecule has 2 aromatic rings. The van der Waals surface area contributed by atoms with E-state index in [9.17, 15) is 9.59 Å². The third kappa shape index (κ3) is 7.75. The zero-order valence-corrected chi connectivity index (χ0v) is 22.4. The van der Waals surface area contributed by atoms with Crippen LogP contribution in [0.15, 0.2) is 24.7 Å². The van der Waals surface area contributed by atoms with Crippen LogP contribution in [-0.2, 0) is 14.3 Å². The highest BCUT2D eigenvalue weighted by atomic mass is 35.5. The predicted molar refractivity (Wildman–Crippen MR) is 141 cm³/mol. The Kier molecular flexibility index (Phi) is 8.81. The molecule has 2 aromatic heterocycles. The Bertz CT molecular complexity index is 1100. The number of halogens is 1. The quantitative estimate of drug-likeness (QED) is 0.555. The van der Waals surface area contributed by atoms with Crippen molar-refractivity contribution in [3.05, 3.63) is 29.7 Å². The van der Waals surface area contributed by atoms with Gasteiger partial charge in [0.25, 0.3) is 0 Å². The van der Waals surface area contributed by atoms with Gasteiger partial charge in [0, 0.05) is 44.6 Å². The van der Waals surface area contributed by atoms with Gasteiger partial charge in [-0.2, -0.15) is 0 Å². The number of anilines is 2. The number of aromatic nitrogens is 3. The van der Waals surface area contributed by atoms with Gasteiger partial charge in [0.05, 0.1) is 29.0 Å². The summed E-state index contributed by atoms with van der Waals surface area (Å²) < 4.78 is 10.9. The number of nitrogens with one attached hydrogen (secondary N) is 2. The Morgan fingerprint density at radius 2 is 1.95 bits per heavy atom. The second kappa shape index (κ2) is 12.0. The molecule has 2 aliphatic heterocycles. The standard InChI is InChI=1S/C26H35ClN6O4/c1-26(2,3)37-25(35)33-8-4-5-18(16-33)24(34)32-22-11-19(20(27)13-30-22)21-14-28-15-23(31-21)29-12-17-6-9-36-10-7-17/h11,13-15,17-18H,4-10,12,16H2,1-3H3,(H,29,31)(H,30,32,34)/t18-/m1/s1. The van der Waals surface area contributed by atoms with Gasteiger partial charge in [-0.1, -0.05) is 11.6 Å². The highest BCUT2D eigenvalue weighted by molar-refractivity contribution is 6.33. The second-order valence-electron chi connectivity index (χ2n) is 10.5. The fourth-order valence-electron chi connectivity index (χ4n) is 4.40. The van der Waals surface area contributed by atoms with E-state index in [2.05, 4.69) is 25.6 Å². The number of ether oxygens (including phenoxy) is 2. The maximum atomic E-state index is 13.0. The van der Waals surface area contributed by atoms with Gasteiger partial charge in [0.15, 0.2) is 0 Å². The van der Waals surface area contributed by atoms with Crippen LogP contribution in [0.1, 0.15) is 46.5 Å². The van der Waals surface area contributed by atoms with Gasteiger partial charge in [0.2, 0.25) is 5.91 Å². The Morgan fingerprint density at radius 1 is 1.16 bits per heavy atom. The van der Waals surface area contributed by atoms with Gasteiger partial charge in [0.1, 0.15) is 17.2 Å². The lowest BCUT2D eigenvalue weighted by atomic mass is 9.97. The number of piperidine rings is 1. The van der Waals surface area contributed by atoms with Crippen molar-refractivity contribution in [3.8, 4) is 11.3 Å². The van der Waals surface area contributed by atoms with Crippen LogP contribution in [0.4, 0.5) is 16.4 Å². The molecular weight excluding hydrogens is 496 g/mol. The number of carbonyl (C=O) groups excluding carboxylic acids is 2. The van der Waals surface area contributed by atoms with E-state index < -0.39 is 11.7 Å². The summed E-state index contributed by atoms with van der Waals surface area (Å²) in [6.45, 7) is 8.72. The Morgan fingerprint density at radius 3 is 2.70 bits per heavy atom. The maximum absolute atomic E-state index is 13.0. The first-order chi connectivity index (χ1) is 17.7. The van der Waals surface area contributed by atoms with Crippen molar-refractivity contribution in [2.45, 2.75) is 52.1 Å². The van der Waals surface area contributed by atoms with Gasteiger partial charge >= 0.3 is 6.09 Å². The van der Waals surface area contributed by atoms with Crippen LogP contribution >= 0.6 is 11.6 Å². The summed E-state index contributed by atoms with van der Waals surface area (Å²) in [5, 5.41) is 6.64. The number of amides is 2. The zero-order chi connectivity index (χ0) is 26.4. The molecule has 10 nitrogen and oxygen atoms in total. The fraction of sp³-hybridized carbons (Fsp3) is 0.577. The van der Waals surface area contributed by atoms with Crippen LogP contribution in [0.5, 0.6) is 0 Å². The van der Waals surface area contributed by atoms with E-state index in [1.54, 1.807) is 23.4 Å². The number of pyridine rings is 1. The molecule has 37 heavy (non-hydrogen) atoms. The molecule has 2 fully saturated rings. The van der Waals surface area contributed by atoms with Crippen molar-refractivity contribution in [2.75, 3.05) is 43.5 Å². The lowest BCUT2D eigenvalue weighted by Crippen LogP contribution is -2.45. The van der Waals surface area contributed by atoms with Crippen LogP contribution in [-0.4, -0.2) is 70.3 Å². The van der Waals surface area contributed by atoms with Gasteiger partial charge < -0.3 is 25.0 Å². The van der Waals surface area contributed by atoms with Crippen molar-refractivity contribution in [3.63, 3.8) is 0 Å². The minimum atomic E-state index is -0.587. The summed E-state index contributed by atoms with van der Waals surface area (Å²) >= 11 is 6.44. The Hall–Kier alpha value is -2.98. The van der Waals surface area contributed by atoms with Crippen molar-refractivity contribution in [1.82, 2.24) is 19.9 Å². The van der Waals surface area contributed by atoms with E-state index in [0.29, 0.717) is 53.3 Å². The minimum absolute atomic E-state index is 0.202. The number of carbonyl (C=O) groups is 2. The zero-order valence-electron chi connectivity index (χ0n) is 21.6. The molecule has 4 heterocycles. The van der Waals surface area contributed by atoms with Crippen LogP contribution in [0.3, 0.4) is 0 Å². The first-order valence-corrected chi connectivity index (χ1v) is 13.1. The van der Waals surface area contributed by atoms with Crippen molar-refractivity contribution >= 4 is 35.2 Å². The van der Waals surface area contributed by atoms with Crippen molar-refractivity contribution in [2.24, 2.45) is 11.8 Å². The number of hydrogen-bond acceptors (Lipinski definition) is 8. The lowest BCUT2D eigenvalue weighted by molar-refractivity contribution is -0.121. The van der Waals surface area contributed by atoms with Gasteiger partial charge in [-0.15, -0.1) is 0 Å². The smallest absolute Gasteiger partial charge is 0.410 e. The SMILES string of the molecule is CC(C)(C)OC(=O)N1CCC[C@@H](C(=O)Nc2cc(-c3cncc(NCC4CCOCC4)n3)c(Cl)cn2)C1. The third-order valence-electron chi connectivity index (χ3n) is 6.37. The Balaban J connectivity index is 1.40. The largest absolute Gasteiger partial charge is 0.444 e. The molecule has 4 rings (SSSR count). The molecule has 0 unspecified atom stereocenters. The molecule has 0 aliphatic carbocycles.